The van der Waals surface area contributed by atoms with Crippen LogP contribution in [-0.2, 0) is 10.1 Å². The van der Waals surface area contributed by atoms with E-state index in [1.807, 2.05) is 0 Å². The molecule has 0 rings (SSSR count). The Morgan fingerprint density at radius 2 is 1.86 bits per heavy atom. The summed E-state index contributed by atoms with van der Waals surface area (Å²) >= 11 is 0. The van der Waals surface area contributed by atoms with E-state index in [0.29, 0.717) is 0 Å². The van der Waals surface area contributed by atoms with Crippen LogP contribution in [-0.4, -0.2) is 18.1 Å². The van der Waals surface area contributed by atoms with Crippen LogP contribution in [0.5, 0.6) is 0 Å². The molecule has 0 bridgehead atoms. The average molecular weight is 124 g/mol. The molecule has 0 amide bonds. The fraction of sp³-hybridized carbons (Fsp3) is 0. The Hall–Kier alpha value is -0.620. The topological polar surface area (TPSA) is 104 Å². The summed E-state index contributed by atoms with van der Waals surface area (Å²) < 4.78 is 26.8. The minimum Gasteiger partial charge on any atom is -0.373 e. The Morgan fingerprint density at radius 1 is 1.71 bits per heavy atom. The molecule has 6 heteroatoms. The molecule has 0 aromatic carbocycles. The highest BCUT2D eigenvalue weighted by molar-refractivity contribution is 8.01. The molecule has 5 nitrogen and oxygen atoms in total. The molecular formula is CH4N2O3S. The number of hydrogen-bond donors (Lipinski definition) is 3. The molecule has 0 heterocycles. The third kappa shape index (κ3) is 2.12. The number of hydrogen-bond acceptors (Lipinski definition) is 3. The van der Waals surface area contributed by atoms with Crippen LogP contribution in [0, 0.1) is 5.41 Å². The van der Waals surface area contributed by atoms with Crippen molar-refractivity contribution in [3.63, 3.8) is 0 Å². The SMILES string of the molecule is N=C(N)S(=O)(=O)O. The van der Waals surface area contributed by atoms with E-state index >= 15 is 0 Å². The molecule has 0 saturated carbocycles. The fourth-order valence-electron chi connectivity index (χ4n) is 0. The van der Waals surface area contributed by atoms with Crippen LogP contribution in [0.1, 0.15) is 0 Å². The van der Waals surface area contributed by atoms with Crippen molar-refractivity contribution in [3.8, 4) is 0 Å². The standard InChI is InChI=1S/CH4N2O3S/c2-1(3)7(4,5)6/h(H3,2,3)(H,4,5,6). The van der Waals surface area contributed by atoms with Gasteiger partial charge in [0.25, 0.3) is 0 Å². The molecule has 0 aliphatic carbocycles. The summed E-state index contributed by atoms with van der Waals surface area (Å²) in [5.74, 6) is 0. The van der Waals surface area contributed by atoms with E-state index in [2.05, 4.69) is 5.73 Å². The lowest BCUT2D eigenvalue weighted by atomic mass is 11.4. The first-order chi connectivity index (χ1) is 2.94. The van der Waals surface area contributed by atoms with Crippen LogP contribution >= 0.6 is 0 Å². The van der Waals surface area contributed by atoms with Gasteiger partial charge in [-0.05, 0) is 0 Å². The van der Waals surface area contributed by atoms with Crippen LogP contribution in [0.4, 0.5) is 0 Å². The van der Waals surface area contributed by atoms with Crippen molar-refractivity contribution >= 4 is 15.3 Å². The smallest absolute Gasteiger partial charge is 0.327 e. The van der Waals surface area contributed by atoms with Crippen molar-refractivity contribution in [3.05, 3.63) is 0 Å². The lowest BCUT2D eigenvalue weighted by Crippen LogP contribution is -2.21. The highest BCUT2D eigenvalue weighted by atomic mass is 32.2. The highest BCUT2D eigenvalue weighted by Gasteiger charge is 2.05. The second kappa shape index (κ2) is 1.47. The van der Waals surface area contributed by atoms with E-state index in [4.69, 9.17) is 9.96 Å². The summed E-state index contributed by atoms with van der Waals surface area (Å²) in [6.07, 6.45) is 0. The van der Waals surface area contributed by atoms with E-state index < -0.39 is 15.3 Å². The second-order valence-electron chi connectivity index (χ2n) is 0.839. The largest absolute Gasteiger partial charge is 0.373 e. The summed E-state index contributed by atoms with van der Waals surface area (Å²) in [5.41, 5.74) is 4.31. The van der Waals surface area contributed by atoms with E-state index in [1.54, 1.807) is 0 Å². The second-order valence-corrected chi connectivity index (χ2v) is 2.23. The van der Waals surface area contributed by atoms with Crippen LogP contribution in [0.2, 0.25) is 0 Å². The van der Waals surface area contributed by atoms with Gasteiger partial charge in [0, 0.05) is 0 Å². The molecular weight excluding hydrogens is 120 g/mol. The maximum atomic E-state index is 9.54. The maximum Gasteiger partial charge on any atom is 0.327 e. The zero-order valence-corrected chi connectivity index (χ0v) is 4.07. The minimum atomic E-state index is -4.38. The van der Waals surface area contributed by atoms with Gasteiger partial charge in [0.15, 0.2) is 0 Å². The molecule has 4 N–H and O–H groups in total. The van der Waals surface area contributed by atoms with Gasteiger partial charge in [-0.2, -0.15) is 8.42 Å². The summed E-state index contributed by atoms with van der Waals surface area (Å²) in [6.45, 7) is 0. The van der Waals surface area contributed by atoms with Crippen molar-refractivity contribution in [2.45, 2.75) is 0 Å². The maximum absolute atomic E-state index is 9.54. The van der Waals surface area contributed by atoms with E-state index in [0.717, 1.165) is 0 Å². The van der Waals surface area contributed by atoms with Crippen LogP contribution in [0.25, 0.3) is 0 Å². The molecule has 0 saturated heterocycles. The first-order valence-electron chi connectivity index (χ1n) is 1.26. The molecule has 0 aliphatic rings. The molecule has 0 aromatic heterocycles. The van der Waals surface area contributed by atoms with Gasteiger partial charge in [0.2, 0.25) is 5.17 Å². The van der Waals surface area contributed by atoms with E-state index in [1.165, 1.54) is 0 Å². The first-order valence-corrected chi connectivity index (χ1v) is 2.70. The van der Waals surface area contributed by atoms with E-state index in [-0.39, 0.29) is 0 Å². The lowest BCUT2D eigenvalue weighted by Gasteiger charge is -1.84. The van der Waals surface area contributed by atoms with Gasteiger partial charge >= 0.3 is 10.1 Å². The number of rotatable bonds is 0. The van der Waals surface area contributed by atoms with Crippen LogP contribution in [0.3, 0.4) is 0 Å². The summed E-state index contributed by atoms with van der Waals surface area (Å²) in [7, 11) is -4.38. The Bertz CT molecular complexity index is 167. The van der Waals surface area contributed by atoms with Crippen LogP contribution in [0.15, 0.2) is 0 Å². The molecule has 0 spiro atoms. The Labute approximate surface area is 40.4 Å². The molecule has 0 unspecified atom stereocenters. The van der Waals surface area contributed by atoms with Crippen molar-refractivity contribution in [2.75, 3.05) is 0 Å². The monoisotopic (exact) mass is 124 g/mol. The molecule has 7 heavy (non-hydrogen) atoms. The third-order valence-electron chi connectivity index (χ3n) is 0.278. The third-order valence-corrected chi connectivity index (χ3v) is 0.834. The van der Waals surface area contributed by atoms with E-state index in [9.17, 15) is 8.42 Å². The van der Waals surface area contributed by atoms with Gasteiger partial charge in [0.1, 0.15) is 0 Å². The first kappa shape index (κ1) is 6.38. The van der Waals surface area contributed by atoms with Crippen molar-refractivity contribution in [2.24, 2.45) is 5.73 Å². The minimum absolute atomic E-state index is 1.23. The summed E-state index contributed by atoms with van der Waals surface area (Å²) in [5, 5.41) is 4.86. The molecule has 42 valence electrons. The van der Waals surface area contributed by atoms with Crippen molar-refractivity contribution in [1.82, 2.24) is 0 Å². The molecule has 0 aromatic rings. The average Bonchev–Trinajstić information content (AvgIpc) is 1.31. The number of amidine groups is 1. The zero-order valence-electron chi connectivity index (χ0n) is 3.25. The van der Waals surface area contributed by atoms with Gasteiger partial charge in [-0.3, -0.25) is 9.96 Å². The van der Waals surface area contributed by atoms with Crippen LogP contribution < -0.4 is 5.73 Å². The Kier molecular flexibility index (Phi) is 1.34. The molecule has 0 fully saturated rings. The zero-order chi connectivity index (χ0) is 6.08. The molecule has 0 aliphatic heterocycles. The molecule has 0 atom stereocenters. The van der Waals surface area contributed by atoms with Crippen molar-refractivity contribution in [1.29, 1.82) is 5.41 Å². The predicted molar refractivity (Wildman–Crippen MR) is 23.5 cm³/mol. The number of nitrogens with two attached hydrogens (primary N) is 1. The Morgan fingerprint density at radius 3 is 1.86 bits per heavy atom. The summed E-state index contributed by atoms with van der Waals surface area (Å²) in [6, 6.07) is 0. The van der Waals surface area contributed by atoms with Gasteiger partial charge in [-0.25, -0.2) is 0 Å². The highest BCUT2D eigenvalue weighted by Crippen LogP contribution is 1.73. The quantitative estimate of drug-likeness (QED) is 0.213. The predicted octanol–water partition coefficient (Wildman–Crippen LogP) is -1.23. The van der Waals surface area contributed by atoms with Gasteiger partial charge < -0.3 is 5.73 Å². The fourth-order valence-corrected chi connectivity index (χ4v) is 0. The molecule has 0 radical (unpaired) electrons. The Balaban J connectivity index is 4.43. The lowest BCUT2D eigenvalue weighted by molar-refractivity contribution is 0.497. The van der Waals surface area contributed by atoms with Gasteiger partial charge in [-0.1, -0.05) is 0 Å². The van der Waals surface area contributed by atoms with Crippen molar-refractivity contribution < 1.29 is 13.0 Å². The number of nitrogens with one attached hydrogen (secondary N) is 1. The van der Waals surface area contributed by atoms with Gasteiger partial charge in [0.05, 0.1) is 0 Å². The van der Waals surface area contributed by atoms with Gasteiger partial charge in [-0.15, -0.1) is 0 Å². The normalized spacial score (nSPS) is 11.0. The summed E-state index contributed by atoms with van der Waals surface area (Å²) in [4.78, 5) is 0.